The summed E-state index contributed by atoms with van der Waals surface area (Å²) in [5.41, 5.74) is 15.6. The molecule has 7 heteroatoms. The second-order valence-electron chi connectivity index (χ2n) is 24.3. The van der Waals surface area contributed by atoms with Gasteiger partial charge in [0.05, 0.1) is 20.4 Å². The third kappa shape index (κ3) is 12.2. The van der Waals surface area contributed by atoms with Crippen LogP contribution in [0.4, 0.5) is 0 Å². The fourth-order valence-electron chi connectivity index (χ4n) is 10.8. The zero-order valence-electron chi connectivity index (χ0n) is 46.5. The van der Waals surface area contributed by atoms with Crippen LogP contribution in [0, 0.1) is 5.92 Å². The summed E-state index contributed by atoms with van der Waals surface area (Å²) in [6.07, 6.45) is 11.6. The molecule has 5 aromatic carbocycles. The number of hydrogen-bond donors (Lipinski definition) is 0. The Kier molecular flexibility index (Phi) is 16.9. The molecular weight excluding hydrogens is 925 g/mol. The molecule has 0 saturated carbocycles. The lowest BCUT2D eigenvalue weighted by molar-refractivity contribution is 0.112. The highest BCUT2D eigenvalue weighted by molar-refractivity contribution is 7.91. The summed E-state index contributed by atoms with van der Waals surface area (Å²) in [7, 11) is -7.02. The molecule has 0 heterocycles. The Labute approximate surface area is 435 Å². The minimum atomic E-state index is -3.82. The summed E-state index contributed by atoms with van der Waals surface area (Å²) in [6, 6.07) is 32.0. The molecule has 386 valence electrons. The molecular formula is C65H84O5S2. The lowest BCUT2D eigenvalue weighted by Crippen LogP contribution is -2.33. The number of hydrogen-bond acceptors (Lipinski definition) is 5. The first kappa shape index (κ1) is 56.4. The Balaban J connectivity index is 0.000000484. The molecule has 0 aromatic heterocycles. The Morgan fingerprint density at radius 3 is 1.21 bits per heavy atom. The van der Waals surface area contributed by atoms with Gasteiger partial charge in [0.2, 0.25) is 9.84 Å². The molecule has 0 N–H and O–H groups in total. The maximum atomic E-state index is 14.9. The van der Waals surface area contributed by atoms with Gasteiger partial charge in [0.1, 0.15) is 6.29 Å². The predicted octanol–water partition coefficient (Wildman–Crippen LogP) is 17.3. The van der Waals surface area contributed by atoms with Gasteiger partial charge in [-0.1, -0.05) is 182 Å². The van der Waals surface area contributed by atoms with E-state index in [1.807, 2.05) is 38.1 Å². The molecule has 0 aliphatic heterocycles. The van der Waals surface area contributed by atoms with Gasteiger partial charge in [-0.05, 0) is 183 Å². The molecule has 5 aromatic rings. The number of benzene rings is 5. The summed E-state index contributed by atoms with van der Waals surface area (Å²) in [4.78, 5) is 11.5. The van der Waals surface area contributed by atoms with Crippen LogP contribution >= 0.6 is 0 Å². The van der Waals surface area contributed by atoms with E-state index in [9.17, 15) is 21.6 Å². The van der Waals surface area contributed by atoms with Gasteiger partial charge in [0, 0.05) is 5.56 Å². The monoisotopic (exact) mass is 1010 g/mol. The largest absolute Gasteiger partial charge is 0.298 e. The third-order valence-corrected chi connectivity index (χ3v) is 20.2. The first-order valence-corrected chi connectivity index (χ1v) is 29.6. The van der Waals surface area contributed by atoms with E-state index in [1.165, 1.54) is 94.5 Å². The normalized spacial score (nSPS) is 18.0. The van der Waals surface area contributed by atoms with Crippen LogP contribution in [0.2, 0.25) is 0 Å². The Morgan fingerprint density at radius 2 is 0.861 bits per heavy atom. The maximum absolute atomic E-state index is 14.9. The number of sulfone groups is 2. The number of fused-ring (bicyclic) bond motifs is 2. The van der Waals surface area contributed by atoms with Crippen molar-refractivity contribution in [3.05, 3.63) is 158 Å². The van der Waals surface area contributed by atoms with Gasteiger partial charge in [-0.25, -0.2) is 16.8 Å². The number of rotatable bonds is 14. The lowest BCUT2D eigenvalue weighted by Gasteiger charge is -2.42. The van der Waals surface area contributed by atoms with Crippen LogP contribution in [0.15, 0.2) is 112 Å². The van der Waals surface area contributed by atoms with Crippen molar-refractivity contribution >= 4 is 49.3 Å². The number of carbonyl (C=O) groups is 1. The smallest absolute Gasteiger partial charge is 0.207 e. The molecule has 0 fully saturated rings. The van der Waals surface area contributed by atoms with Crippen LogP contribution in [0.1, 0.15) is 227 Å². The highest BCUT2D eigenvalue weighted by Crippen LogP contribution is 2.48. The average Bonchev–Trinajstić information content (AvgIpc) is 3.33. The molecule has 2 aliphatic carbocycles. The van der Waals surface area contributed by atoms with Crippen LogP contribution in [0.5, 0.6) is 0 Å². The molecule has 7 rings (SSSR count). The lowest BCUT2D eigenvalue weighted by atomic mass is 9.63. The minimum Gasteiger partial charge on any atom is -0.298 e. The zero-order chi connectivity index (χ0) is 53.4. The molecule has 2 aliphatic rings. The van der Waals surface area contributed by atoms with Crippen molar-refractivity contribution in [2.45, 2.75) is 197 Å². The van der Waals surface area contributed by atoms with Crippen LogP contribution < -0.4 is 0 Å². The Hall–Kier alpha value is -4.85. The molecule has 0 amide bonds. The van der Waals surface area contributed by atoms with E-state index < -0.39 is 19.7 Å². The van der Waals surface area contributed by atoms with Crippen molar-refractivity contribution in [1.82, 2.24) is 0 Å². The van der Waals surface area contributed by atoms with Gasteiger partial charge in [0.15, 0.2) is 9.84 Å². The van der Waals surface area contributed by atoms with Gasteiger partial charge in [-0.15, -0.1) is 0 Å². The van der Waals surface area contributed by atoms with E-state index in [-0.39, 0.29) is 50.1 Å². The minimum absolute atomic E-state index is 0.0827. The van der Waals surface area contributed by atoms with Gasteiger partial charge < -0.3 is 0 Å². The van der Waals surface area contributed by atoms with E-state index in [4.69, 9.17) is 0 Å². The first-order valence-electron chi connectivity index (χ1n) is 26.5. The van der Waals surface area contributed by atoms with E-state index in [2.05, 4.69) is 158 Å². The van der Waals surface area contributed by atoms with E-state index >= 15 is 0 Å². The third-order valence-electron chi connectivity index (χ3n) is 16.2. The molecule has 0 bridgehead atoms. The van der Waals surface area contributed by atoms with E-state index in [1.54, 1.807) is 0 Å². The Bertz CT molecular complexity index is 2930. The van der Waals surface area contributed by atoms with Gasteiger partial charge in [0.25, 0.3) is 0 Å². The highest BCUT2D eigenvalue weighted by atomic mass is 32.2. The summed E-state index contributed by atoms with van der Waals surface area (Å²) in [5, 5.41) is 0. The Morgan fingerprint density at radius 1 is 0.500 bits per heavy atom. The van der Waals surface area contributed by atoms with E-state index in [0.717, 1.165) is 35.1 Å². The first-order chi connectivity index (χ1) is 33.5. The van der Waals surface area contributed by atoms with Crippen molar-refractivity contribution in [2.24, 2.45) is 5.92 Å². The molecule has 72 heavy (non-hydrogen) atoms. The second-order valence-corrected chi connectivity index (χ2v) is 28.2. The van der Waals surface area contributed by atoms with E-state index in [0.29, 0.717) is 21.6 Å². The SMILES string of the molecule is CC(C)CS(=O)(=O)c1ccc(C=O)cc1.CCC(C)c1cc(C=C(C)c2ccc3c(c2)C(C)(C)CCC3(C)C)ccc1S(=O)(=O)c1ccc(C=C(C)c2ccc3c(c2)C(C)(C)CCC3(C)C)cc1C(C)CC. The number of carbonyl (C=O) groups excluding carboxylic acids is 1. The average molecular weight is 1010 g/mol. The van der Waals surface area contributed by atoms with Crippen LogP contribution in [0.3, 0.4) is 0 Å². The highest BCUT2D eigenvalue weighted by Gasteiger charge is 2.38. The van der Waals surface area contributed by atoms with Crippen molar-refractivity contribution in [3.63, 3.8) is 0 Å². The quantitative estimate of drug-likeness (QED) is 0.0817. The standard InChI is InChI=1S/C54H70O2S.C11H14O3S/c1-15-35(3)43-31-39(29-37(5)41-19-21-45-47(33-41)53(11,12)27-25-51(45,7)8)17-23-49(43)57(55,56)50-24-18-40(32-44(50)36(4)16-2)30-38(6)42-20-22-46-48(34-42)54(13,14)28-26-52(46,9)10;1-9(2)8-15(13,14)11-5-3-10(7-12)4-6-11/h17-24,29-36H,15-16,25-28H2,1-14H3;3-7,9H,8H2,1-2H3. The molecule has 0 spiro atoms. The van der Waals surface area contributed by atoms with Crippen molar-refractivity contribution in [1.29, 1.82) is 0 Å². The molecule has 0 saturated heterocycles. The van der Waals surface area contributed by atoms with Crippen LogP contribution in [-0.4, -0.2) is 28.9 Å². The van der Waals surface area contributed by atoms with Crippen molar-refractivity contribution in [2.75, 3.05) is 5.75 Å². The van der Waals surface area contributed by atoms with Gasteiger partial charge >= 0.3 is 0 Å². The fraction of sp³-hybridized carbons (Fsp3) is 0.462. The maximum Gasteiger partial charge on any atom is 0.207 e. The van der Waals surface area contributed by atoms with Crippen molar-refractivity contribution in [3.8, 4) is 0 Å². The molecule has 5 nitrogen and oxygen atoms in total. The molecule has 2 atom stereocenters. The summed E-state index contributed by atoms with van der Waals surface area (Å²) in [6.45, 7) is 35.6. The number of allylic oxidation sites excluding steroid dienone is 2. The second kappa shape index (κ2) is 21.5. The summed E-state index contributed by atoms with van der Waals surface area (Å²) < 4.78 is 53.3. The summed E-state index contributed by atoms with van der Waals surface area (Å²) >= 11 is 0. The van der Waals surface area contributed by atoms with Crippen molar-refractivity contribution < 1.29 is 21.6 Å². The summed E-state index contributed by atoms with van der Waals surface area (Å²) in [5.74, 6) is 0.396. The zero-order valence-corrected chi connectivity index (χ0v) is 48.1. The van der Waals surface area contributed by atoms with Gasteiger partial charge in [-0.3, -0.25) is 4.79 Å². The van der Waals surface area contributed by atoms with Gasteiger partial charge in [-0.2, -0.15) is 0 Å². The predicted molar refractivity (Wildman–Crippen MR) is 305 cm³/mol. The number of aldehydes is 1. The topological polar surface area (TPSA) is 85.3 Å². The van der Waals surface area contributed by atoms with Crippen LogP contribution in [-0.2, 0) is 41.3 Å². The molecule has 0 radical (unpaired) electrons. The van der Waals surface area contributed by atoms with Crippen LogP contribution in [0.25, 0.3) is 23.3 Å². The molecule has 2 unspecified atom stereocenters. The fourth-order valence-corrected chi connectivity index (χ4v) is 14.2.